The molecule has 25 heavy (non-hydrogen) atoms. The second-order valence-corrected chi connectivity index (χ2v) is 7.11. The first-order chi connectivity index (χ1) is 12.2. The molecule has 0 amide bonds. The van der Waals surface area contributed by atoms with Gasteiger partial charge in [-0.25, -0.2) is 0 Å². The molecule has 4 rings (SSSR count). The summed E-state index contributed by atoms with van der Waals surface area (Å²) in [5.41, 5.74) is 2.39. The topological polar surface area (TPSA) is 47.7 Å². The van der Waals surface area contributed by atoms with Crippen molar-refractivity contribution >= 4 is 0 Å². The predicted octanol–water partition coefficient (Wildman–Crippen LogP) is 3.24. The van der Waals surface area contributed by atoms with Crippen LogP contribution in [-0.2, 0) is 22.6 Å². The molecular formula is C20H26N2O3. The predicted molar refractivity (Wildman–Crippen MR) is 94.2 cm³/mol. The van der Waals surface area contributed by atoms with Crippen LogP contribution < -0.4 is 0 Å². The van der Waals surface area contributed by atoms with Crippen molar-refractivity contribution in [3.63, 3.8) is 0 Å². The second kappa shape index (κ2) is 7.28. The molecule has 2 aromatic rings. The van der Waals surface area contributed by atoms with Gasteiger partial charge in [-0.1, -0.05) is 0 Å². The molecule has 0 N–H and O–H groups in total. The zero-order valence-corrected chi connectivity index (χ0v) is 15.0. The zero-order chi connectivity index (χ0) is 17.2. The van der Waals surface area contributed by atoms with Gasteiger partial charge in [-0.2, -0.15) is 0 Å². The van der Waals surface area contributed by atoms with E-state index in [2.05, 4.69) is 22.9 Å². The van der Waals surface area contributed by atoms with Gasteiger partial charge in [0.25, 0.3) is 0 Å². The van der Waals surface area contributed by atoms with Crippen LogP contribution in [-0.4, -0.2) is 41.3 Å². The molecule has 0 radical (unpaired) electrons. The summed E-state index contributed by atoms with van der Waals surface area (Å²) >= 11 is 0. The van der Waals surface area contributed by atoms with Gasteiger partial charge in [-0.3, -0.25) is 9.88 Å². The van der Waals surface area contributed by atoms with Gasteiger partial charge in [0, 0.05) is 25.0 Å². The number of furan rings is 1. The Morgan fingerprint density at radius 1 is 1.24 bits per heavy atom. The van der Waals surface area contributed by atoms with Gasteiger partial charge in [0.1, 0.15) is 11.5 Å². The Balaban J connectivity index is 1.38. The lowest BCUT2D eigenvalue weighted by Crippen LogP contribution is -2.51. The van der Waals surface area contributed by atoms with E-state index in [0.717, 1.165) is 49.6 Å². The average Bonchev–Trinajstić information content (AvgIpc) is 3.18. The van der Waals surface area contributed by atoms with Gasteiger partial charge >= 0.3 is 0 Å². The fourth-order valence-electron chi connectivity index (χ4n) is 3.98. The van der Waals surface area contributed by atoms with Crippen molar-refractivity contribution in [3.8, 4) is 0 Å². The summed E-state index contributed by atoms with van der Waals surface area (Å²) < 4.78 is 18.1. The lowest BCUT2D eigenvalue weighted by molar-refractivity contribution is -0.119. The molecule has 2 fully saturated rings. The first kappa shape index (κ1) is 16.8. The minimum atomic E-state index is 0.160. The largest absolute Gasteiger partial charge is 0.465 e. The molecule has 0 aromatic carbocycles. The van der Waals surface area contributed by atoms with E-state index in [1.165, 1.54) is 5.56 Å². The van der Waals surface area contributed by atoms with Crippen LogP contribution in [0.1, 0.15) is 35.5 Å². The molecule has 1 saturated heterocycles. The number of aryl methyl sites for hydroxylation is 2. The van der Waals surface area contributed by atoms with E-state index in [1.54, 1.807) is 0 Å². The summed E-state index contributed by atoms with van der Waals surface area (Å²) in [6, 6.07) is 6.58. The lowest BCUT2D eigenvalue weighted by Gasteiger charge is -2.38. The van der Waals surface area contributed by atoms with Crippen LogP contribution >= 0.6 is 0 Å². The summed E-state index contributed by atoms with van der Waals surface area (Å²) in [7, 11) is 0. The van der Waals surface area contributed by atoms with Crippen LogP contribution in [0, 0.1) is 13.8 Å². The maximum absolute atomic E-state index is 6.18. The van der Waals surface area contributed by atoms with Crippen LogP contribution in [0.5, 0.6) is 0 Å². The fourth-order valence-corrected chi connectivity index (χ4v) is 3.98. The number of nitrogens with zero attached hydrogens (tertiary/aromatic N) is 2. The zero-order valence-electron chi connectivity index (χ0n) is 15.0. The Labute approximate surface area is 148 Å². The highest BCUT2D eigenvalue weighted by Gasteiger charge is 2.43. The van der Waals surface area contributed by atoms with Gasteiger partial charge < -0.3 is 13.9 Å². The van der Waals surface area contributed by atoms with E-state index in [-0.39, 0.29) is 12.2 Å². The minimum Gasteiger partial charge on any atom is -0.465 e. The van der Waals surface area contributed by atoms with Crippen LogP contribution in [0.25, 0.3) is 0 Å². The number of hydrogen-bond donors (Lipinski definition) is 0. The van der Waals surface area contributed by atoms with E-state index < -0.39 is 0 Å². The van der Waals surface area contributed by atoms with E-state index in [1.807, 2.05) is 31.5 Å². The highest BCUT2D eigenvalue weighted by Crippen LogP contribution is 2.33. The summed E-state index contributed by atoms with van der Waals surface area (Å²) in [5, 5.41) is 0. The Morgan fingerprint density at radius 3 is 2.84 bits per heavy atom. The molecule has 2 aliphatic rings. The molecule has 134 valence electrons. The molecular weight excluding hydrogens is 316 g/mol. The molecule has 0 spiro atoms. The van der Waals surface area contributed by atoms with Gasteiger partial charge in [0.15, 0.2) is 0 Å². The van der Waals surface area contributed by atoms with E-state index in [9.17, 15) is 0 Å². The van der Waals surface area contributed by atoms with Crippen LogP contribution in [0.3, 0.4) is 0 Å². The Bertz CT molecular complexity index is 681. The molecule has 1 aliphatic carbocycles. The number of aromatic nitrogens is 1. The number of pyridine rings is 1. The first-order valence-electron chi connectivity index (χ1n) is 9.13. The van der Waals surface area contributed by atoms with E-state index >= 15 is 0 Å². The summed E-state index contributed by atoms with van der Waals surface area (Å²) in [6.45, 7) is 7.32. The monoisotopic (exact) mass is 342 g/mol. The second-order valence-electron chi connectivity index (χ2n) is 7.11. The van der Waals surface area contributed by atoms with Crippen molar-refractivity contribution in [2.45, 2.75) is 58.1 Å². The molecule has 1 aliphatic heterocycles. The molecule has 0 unspecified atom stereocenters. The molecule has 5 heteroatoms. The van der Waals surface area contributed by atoms with Crippen molar-refractivity contribution in [3.05, 3.63) is 53.2 Å². The molecule has 1 saturated carbocycles. The maximum Gasteiger partial charge on any atom is 0.118 e. The molecule has 2 aromatic heterocycles. The highest BCUT2D eigenvalue weighted by atomic mass is 16.5. The van der Waals surface area contributed by atoms with Crippen molar-refractivity contribution in [1.29, 1.82) is 0 Å². The van der Waals surface area contributed by atoms with Crippen molar-refractivity contribution in [2.24, 2.45) is 0 Å². The number of ether oxygens (including phenoxy) is 2. The van der Waals surface area contributed by atoms with E-state index in [4.69, 9.17) is 13.9 Å². The third-order valence-electron chi connectivity index (χ3n) is 5.44. The van der Waals surface area contributed by atoms with Crippen LogP contribution in [0.4, 0.5) is 0 Å². The molecule has 0 bridgehead atoms. The molecule has 3 heterocycles. The lowest BCUT2D eigenvalue weighted by atomic mass is 10.1. The van der Waals surface area contributed by atoms with Crippen LogP contribution in [0.15, 0.2) is 35.0 Å². The Morgan fingerprint density at radius 2 is 2.08 bits per heavy atom. The molecule has 5 nitrogen and oxygen atoms in total. The number of morpholine rings is 1. The van der Waals surface area contributed by atoms with Crippen molar-refractivity contribution in [2.75, 3.05) is 13.2 Å². The highest BCUT2D eigenvalue weighted by molar-refractivity contribution is 5.19. The summed E-state index contributed by atoms with van der Waals surface area (Å²) in [5.74, 6) is 2.07. The third kappa shape index (κ3) is 3.64. The quantitative estimate of drug-likeness (QED) is 0.835. The van der Waals surface area contributed by atoms with Gasteiger partial charge in [-0.05, 0) is 56.0 Å². The summed E-state index contributed by atoms with van der Waals surface area (Å²) in [6.07, 6.45) is 6.11. The van der Waals surface area contributed by atoms with Gasteiger partial charge in [0.2, 0.25) is 0 Å². The third-order valence-corrected chi connectivity index (χ3v) is 5.44. The molecule has 3 atom stereocenters. The maximum atomic E-state index is 6.18. The normalized spacial score (nSPS) is 26.7. The van der Waals surface area contributed by atoms with Crippen molar-refractivity contribution < 1.29 is 13.9 Å². The smallest absolute Gasteiger partial charge is 0.118 e. The van der Waals surface area contributed by atoms with Gasteiger partial charge in [-0.15, -0.1) is 0 Å². The average molecular weight is 342 g/mol. The first-order valence-corrected chi connectivity index (χ1v) is 9.13. The SMILES string of the molecule is Cc1cc(CN2CCO[C@H]3[C@H](OCc4ccncc4)CC[C@@H]32)oc1C. The number of fused-ring (bicyclic) bond motifs is 1. The fraction of sp³-hybridized carbons (Fsp3) is 0.550. The standard InChI is InChI=1S/C20H26N2O3/c1-14-11-17(25-15(14)2)12-22-9-10-23-20-18(22)3-4-19(20)24-13-16-5-7-21-8-6-16/h5-8,11,18-20H,3-4,9-10,12-13H2,1-2H3/t18-,19+,20+/m0/s1. The van der Waals surface area contributed by atoms with Gasteiger partial charge in [0.05, 0.1) is 32.0 Å². The number of hydrogen-bond acceptors (Lipinski definition) is 5. The summed E-state index contributed by atoms with van der Waals surface area (Å²) in [4.78, 5) is 6.55. The van der Waals surface area contributed by atoms with Crippen LogP contribution in [0.2, 0.25) is 0 Å². The minimum absolute atomic E-state index is 0.160. The van der Waals surface area contributed by atoms with Crippen molar-refractivity contribution in [1.82, 2.24) is 9.88 Å². The Kier molecular flexibility index (Phi) is 4.88. The number of rotatable bonds is 5. The van der Waals surface area contributed by atoms with E-state index in [0.29, 0.717) is 12.6 Å². The Hall–Kier alpha value is -1.69.